The molecule has 9 nitrogen and oxygen atoms in total. The van der Waals surface area contributed by atoms with Crippen molar-refractivity contribution >= 4 is 23.6 Å². The van der Waals surface area contributed by atoms with Gasteiger partial charge in [0.15, 0.2) is 5.75 Å². The van der Waals surface area contributed by atoms with E-state index in [1.165, 1.54) is 7.11 Å². The molecule has 2 rings (SSSR count). The quantitative estimate of drug-likeness (QED) is 0.465. The van der Waals surface area contributed by atoms with Crippen LogP contribution in [0.4, 0.5) is 10.5 Å². The van der Waals surface area contributed by atoms with Crippen molar-refractivity contribution in [2.75, 3.05) is 7.11 Å². The van der Waals surface area contributed by atoms with E-state index in [-0.39, 0.29) is 16.9 Å². The number of nitro benzene ring substituents is 1. The van der Waals surface area contributed by atoms with Gasteiger partial charge in [-0.05, 0) is 20.8 Å². The number of rotatable bonds is 2. The lowest BCUT2D eigenvalue weighted by atomic mass is 10.1. The van der Waals surface area contributed by atoms with E-state index in [1.54, 1.807) is 20.8 Å². The predicted molar refractivity (Wildman–Crippen MR) is 76.4 cm³/mol. The normalized spacial score (nSPS) is 13.8. The fourth-order valence-corrected chi connectivity index (χ4v) is 2.03. The second-order valence-corrected chi connectivity index (χ2v) is 5.75. The second-order valence-electron chi connectivity index (χ2n) is 5.75. The van der Waals surface area contributed by atoms with Crippen molar-refractivity contribution in [1.82, 2.24) is 4.90 Å². The maximum absolute atomic E-state index is 12.3. The molecule has 0 saturated heterocycles. The van der Waals surface area contributed by atoms with Crippen LogP contribution >= 0.6 is 0 Å². The van der Waals surface area contributed by atoms with E-state index in [0.717, 1.165) is 12.1 Å². The lowest BCUT2D eigenvalue weighted by molar-refractivity contribution is -0.385. The number of ether oxygens (including phenoxy) is 2. The van der Waals surface area contributed by atoms with E-state index < -0.39 is 34.1 Å². The Hall–Kier alpha value is -2.97. The van der Waals surface area contributed by atoms with Crippen LogP contribution in [-0.2, 0) is 4.74 Å². The summed E-state index contributed by atoms with van der Waals surface area (Å²) in [5, 5.41) is 11.0. The number of nitrogens with zero attached hydrogens (tertiary/aromatic N) is 2. The van der Waals surface area contributed by atoms with Gasteiger partial charge in [-0.25, -0.2) is 4.79 Å². The maximum Gasteiger partial charge on any atom is 0.424 e. The number of benzene rings is 1. The third-order valence-corrected chi connectivity index (χ3v) is 2.96. The number of imide groups is 3. The zero-order valence-electron chi connectivity index (χ0n) is 12.9. The van der Waals surface area contributed by atoms with Crippen LogP contribution in [0.1, 0.15) is 41.5 Å². The van der Waals surface area contributed by atoms with Crippen LogP contribution in [0.2, 0.25) is 0 Å². The molecular formula is C14H14N2O7. The first-order valence-corrected chi connectivity index (χ1v) is 6.55. The summed E-state index contributed by atoms with van der Waals surface area (Å²) in [7, 11) is 1.20. The molecule has 0 aliphatic carbocycles. The molecule has 0 unspecified atom stereocenters. The van der Waals surface area contributed by atoms with Crippen LogP contribution in [-0.4, -0.2) is 40.4 Å². The monoisotopic (exact) mass is 322 g/mol. The molecule has 0 aromatic heterocycles. The third-order valence-electron chi connectivity index (χ3n) is 2.96. The van der Waals surface area contributed by atoms with Gasteiger partial charge in [0, 0.05) is 12.1 Å². The highest BCUT2D eigenvalue weighted by Crippen LogP contribution is 2.35. The summed E-state index contributed by atoms with van der Waals surface area (Å²) in [6.45, 7) is 4.74. The standard InChI is InChI=1S/C14H14N2O7/c1-14(2,3)23-13(19)15-11(17)7-5-9(16(20)21)10(22-4)6-8(7)12(15)18/h5-6H,1-4H3. The number of carbonyl (C=O) groups is 3. The summed E-state index contributed by atoms with van der Waals surface area (Å²) in [6, 6.07) is 1.98. The molecule has 1 aliphatic heterocycles. The molecule has 122 valence electrons. The lowest BCUT2D eigenvalue weighted by Gasteiger charge is -2.22. The minimum absolute atomic E-state index is 0.150. The molecule has 3 amide bonds. The van der Waals surface area contributed by atoms with Crippen molar-refractivity contribution < 1.29 is 28.8 Å². The summed E-state index contributed by atoms with van der Waals surface area (Å²) in [4.78, 5) is 47.1. The average molecular weight is 322 g/mol. The van der Waals surface area contributed by atoms with E-state index in [1.807, 2.05) is 0 Å². The van der Waals surface area contributed by atoms with E-state index in [0.29, 0.717) is 4.90 Å². The summed E-state index contributed by atoms with van der Waals surface area (Å²) in [5.74, 6) is -2.06. The first-order valence-electron chi connectivity index (χ1n) is 6.55. The number of methoxy groups -OCH3 is 1. The highest BCUT2D eigenvalue weighted by molar-refractivity contribution is 6.28. The van der Waals surface area contributed by atoms with Crippen molar-refractivity contribution in [3.05, 3.63) is 33.4 Å². The fourth-order valence-electron chi connectivity index (χ4n) is 2.03. The Morgan fingerprint density at radius 3 is 2.13 bits per heavy atom. The fraction of sp³-hybridized carbons (Fsp3) is 0.357. The molecule has 1 heterocycles. The van der Waals surface area contributed by atoms with Crippen molar-refractivity contribution in [3.8, 4) is 5.75 Å². The van der Waals surface area contributed by atoms with Gasteiger partial charge in [0.2, 0.25) is 0 Å². The molecule has 0 atom stereocenters. The Bertz CT molecular complexity index is 733. The smallest absolute Gasteiger partial charge is 0.424 e. The summed E-state index contributed by atoms with van der Waals surface area (Å²) in [5.41, 5.74) is -1.77. The van der Waals surface area contributed by atoms with Crippen LogP contribution in [0.15, 0.2) is 12.1 Å². The summed E-state index contributed by atoms with van der Waals surface area (Å²) in [6.07, 6.45) is -1.13. The number of nitro groups is 1. The van der Waals surface area contributed by atoms with Gasteiger partial charge < -0.3 is 9.47 Å². The molecule has 1 aliphatic rings. The maximum atomic E-state index is 12.3. The lowest BCUT2D eigenvalue weighted by Crippen LogP contribution is -2.40. The Labute approximate surface area is 130 Å². The van der Waals surface area contributed by atoms with Crippen molar-refractivity contribution in [2.45, 2.75) is 26.4 Å². The third kappa shape index (κ3) is 2.85. The Kier molecular flexibility index (Phi) is 3.81. The molecule has 23 heavy (non-hydrogen) atoms. The molecule has 0 saturated carbocycles. The first-order chi connectivity index (χ1) is 10.6. The first kappa shape index (κ1) is 16.4. The highest BCUT2D eigenvalue weighted by atomic mass is 16.6. The van der Waals surface area contributed by atoms with Crippen LogP contribution in [0.3, 0.4) is 0 Å². The van der Waals surface area contributed by atoms with Gasteiger partial charge >= 0.3 is 11.8 Å². The molecule has 0 fully saturated rings. The zero-order chi connectivity index (χ0) is 17.5. The topological polar surface area (TPSA) is 116 Å². The minimum atomic E-state index is -1.13. The van der Waals surface area contributed by atoms with Gasteiger partial charge in [0.25, 0.3) is 11.8 Å². The van der Waals surface area contributed by atoms with Crippen LogP contribution in [0.25, 0.3) is 0 Å². The molecule has 9 heteroatoms. The molecule has 1 aromatic carbocycles. The Balaban J connectivity index is 2.48. The number of carbonyl (C=O) groups excluding carboxylic acids is 3. The van der Waals surface area contributed by atoms with E-state index in [2.05, 4.69) is 0 Å². The van der Waals surface area contributed by atoms with E-state index in [9.17, 15) is 24.5 Å². The summed E-state index contributed by atoms with van der Waals surface area (Å²) >= 11 is 0. The molecule has 0 spiro atoms. The zero-order valence-corrected chi connectivity index (χ0v) is 12.9. The van der Waals surface area contributed by atoms with Gasteiger partial charge in [0.1, 0.15) is 5.60 Å². The van der Waals surface area contributed by atoms with Gasteiger partial charge in [-0.3, -0.25) is 19.7 Å². The highest BCUT2D eigenvalue weighted by Gasteiger charge is 2.44. The van der Waals surface area contributed by atoms with Crippen molar-refractivity contribution in [3.63, 3.8) is 0 Å². The number of hydrogen-bond donors (Lipinski definition) is 0. The van der Waals surface area contributed by atoms with Gasteiger partial charge in [0.05, 0.1) is 23.2 Å². The van der Waals surface area contributed by atoms with E-state index >= 15 is 0 Å². The number of amides is 3. The van der Waals surface area contributed by atoms with Gasteiger partial charge in [-0.1, -0.05) is 0 Å². The largest absolute Gasteiger partial charge is 0.490 e. The van der Waals surface area contributed by atoms with Crippen LogP contribution in [0.5, 0.6) is 5.75 Å². The minimum Gasteiger partial charge on any atom is -0.490 e. The molecular weight excluding hydrogens is 308 g/mol. The van der Waals surface area contributed by atoms with Gasteiger partial charge in [-0.2, -0.15) is 4.90 Å². The van der Waals surface area contributed by atoms with Crippen molar-refractivity contribution in [1.29, 1.82) is 0 Å². The molecule has 0 bridgehead atoms. The Morgan fingerprint density at radius 1 is 1.17 bits per heavy atom. The van der Waals surface area contributed by atoms with E-state index in [4.69, 9.17) is 9.47 Å². The van der Waals surface area contributed by atoms with Crippen molar-refractivity contribution in [2.24, 2.45) is 0 Å². The SMILES string of the molecule is COc1cc2c(cc1[N+](=O)[O-])C(=O)N(C(=O)OC(C)(C)C)C2=O. The summed E-state index contributed by atoms with van der Waals surface area (Å²) < 4.78 is 9.86. The van der Waals surface area contributed by atoms with Gasteiger partial charge in [-0.15, -0.1) is 0 Å². The Morgan fingerprint density at radius 2 is 1.70 bits per heavy atom. The number of hydrogen-bond acceptors (Lipinski definition) is 7. The molecule has 0 N–H and O–H groups in total. The molecule has 1 aromatic rings. The predicted octanol–water partition coefficient (Wildman–Crippen LogP) is 2.13. The van der Waals surface area contributed by atoms with Crippen LogP contribution in [0, 0.1) is 10.1 Å². The second kappa shape index (κ2) is 5.34. The van der Waals surface area contributed by atoms with Crippen LogP contribution < -0.4 is 4.74 Å². The number of fused-ring (bicyclic) bond motifs is 1. The molecule has 0 radical (unpaired) electrons. The average Bonchev–Trinajstić information content (AvgIpc) is 2.67.